The highest BCUT2D eigenvalue weighted by Gasteiger charge is 2.35. The maximum absolute atomic E-state index is 13.0. The standard InChI is InChI=1S/C22H24N6O2/c1-15(2)19-21-25-20(17-9-6-10-23-13-17)26-28(21)12-11-27(19)18(29)14-24-22(30)16-7-4-3-5-8-16/h3-10,13,15,19H,11-12,14H2,1-2H3,(H,24,30)/t19-/m1/s1. The van der Waals surface area contributed by atoms with E-state index in [1.165, 1.54) is 0 Å². The van der Waals surface area contributed by atoms with Crippen molar-refractivity contribution in [2.75, 3.05) is 13.1 Å². The molecule has 1 aliphatic rings. The van der Waals surface area contributed by atoms with Gasteiger partial charge >= 0.3 is 0 Å². The summed E-state index contributed by atoms with van der Waals surface area (Å²) in [6.07, 6.45) is 3.44. The highest BCUT2D eigenvalue weighted by Crippen LogP contribution is 2.32. The summed E-state index contributed by atoms with van der Waals surface area (Å²) in [7, 11) is 0. The Kier molecular flexibility index (Phi) is 5.56. The van der Waals surface area contributed by atoms with Crippen LogP contribution < -0.4 is 5.32 Å². The van der Waals surface area contributed by atoms with Gasteiger partial charge < -0.3 is 10.2 Å². The van der Waals surface area contributed by atoms with Crippen LogP contribution in [0.1, 0.15) is 36.1 Å². The first-order valence-electron chi connectivity index (χ1n) is 10.0. The van der Waals surface area contributed by atoms with E-state index in [1.54, 1.807) is 41.6 Å². The van der Waals surface area contributed by atoms with E-state index >= 15 is 0 Å². The number of carbonyl (C=O) groups excluding carboxylic acids is 2. The van der Waals surface area contributed by atoms with Gasteiger partial charge in [-0.05, 0) is 30.2 Å². The molecule has 1 aliphatic heterocycles. The van der Waals surface area contributed by atoms with Crippen molar-refractivity contribution in [2.45, 2.75) is 26.4 Å². The van der Waals surface area contributed by atoms with Crippen molar-refractivity contribution in [3.05, 3.63) is 66.2 Å². The first-order valence-corrected chi connectivity index (χ1v) is 10.0. The van der Waals surface area contributed by atoms with Crippen LogP contribution in [0.5, 0.6) is 0 Å². The number of fused-ring (bicyclic) bond motifs is 1. The van der Waals surface area contributed by atoms with Gasteiger partial charge in [-0.15, -0.1) is 0 Å². The topological polar surface area (TPSA) is 93.0 Å². The van der Waals surface area contributed by atoms with Crippen LogP contribution in [-0.4, -0.2) is 49.6 Å². The molecule has 4 rings (SSSR count). The number of amides is 2. The number of aromatic nitrogens is 4. The predicted molar refractivity (Wildman–Crippen MR) is 111 cm³/mol. The van der Waals surface area contributed by atoms with Crippen molar-refractivity contribution in [2.24, 2.45) is 5.92 Å². The summed E-state index contributed by atoms with van der Waals surface area (Å²) < 4.78 is 1.87. The van der Waals surface area contributed by atoms with Crippen LogP contribution in [-0.2, 0) is 11.3 Å². The molecule has 0 fully saturated rings. The zero-order valence-electron chi connectivity index (χ0n) is 17.0. The first kappa shape index (κ1) is 19.8. The molecule has 0 radical (unpaired) electrons. The second-order valence-corrected chi connectivity index (χ2v) is 7.58. The van der Waals surface area contributed by atoms with Gasteiger partial charge in [-0.3, -0.25) is 14.6 Å². The maximum Gasteiger partial charge on any atom is 0.251 e. The Hall–Kier alpha value is -3.55. The quantitative estimate of drug-likeness (QED) is 0.704. The molecule has 1 aromatic carbocycles. The molecule has 0 spiro atoms. The van der Waals surface area contributed by atoms with Gasteiger partial charge in [0.2, 0.25) is 5.91 Å². The Morgan fingerprint density at radius 2 is 1.93 bits per heavy atom. The van der Waals surface area contributed by atoms with Gasteiger partial charge in [0.05, 0.1) is 19.1 Å². The number of pyridine rings is 1. The van der Waals surface area contributed by atoms with Crippen LogP contribution in [0, 0.1) is 5.92 Å². The highest BCUT2D eigenvalue weighted by molar-refractivity contribution is 5.96. The van der Waals surface area contributed by atoms with Crippen molar-refractivity contribution in [1.82, 2.24) is 30.0 Å². The van der Waals surface area contributed by atoms with Crippen molar-refractivity contribution >= 4 is 11.8 Å². The van der Waals surface area contributed by atoms with E-state index in [1.807, 2.05) is 22.9 Å². The van der Waals surface area contributed by atoms with Gasteiger partial charge in [0.15, 0.2) is 11.6 Å². The Morgan fingerprint density at radius 3 is 2.63 bits per heavy atom. The van der Waals surface area contributed by atoms with E-state index in [9.17, 15) is 9.59 Å². The molecule has 1 atom stereocenters. The van der Waals surface area contributed by atoms with Crippen LogP contribution in [0.15, 0.2) is 54.9 Å². The van der Waals surface area contributed by atoms with Crippen molar-refractivity contribution in [1.29, 1.82) is 0 Å². The summed E-state index contributed by atoms with van der Waals surface area (Å²) in [5.74, 6) is 1.12. The number of benzene rings is 1. The Morgan fingerprint density at radius 1 is 1.13 bits per heavy atom. The van der Waals surface area contributed by atoms with Crippen LogP contribution in [0.3, 0.4) is 0 Å². The number of nitrogens with one attached hydrogen (secondary N) is 1. The van der Waals surface area contributed by atoms with E-state index in [-0.39, 0.29) is 30.3 Å². The second kappa shape index (κ2) is 8.44. The zero-order valence-corrected chi connectivity index (χ0v) is 17.0. The Labute approximate surface area is 175 Å². The second-order valence-electron chi connectivity index (χ2n) is 7.58. The van der Waals surface area contributed by atoms with Crippen molar-refractivity contribution in [3.8, 4) is 11.4 Å². The molecule has 3 aromatic rings. The molecule has 1 N–H and O–H groups in total. The van der Waals surface area contributed by atoms with Gasteiger partial charge in [0, 0.05) is 30.1 Å². The summed E-state index contributed by atoms with van der Waals surface area (Å²) >= 11 is 0. The lowest BCUT2D eigenvalue weighted by Gasteiger charge is -2.37. The van der Waals surface area contributed by atoms with Crippen LogP contribution in [0.2, 0.25) is 0 Å². The van der Waals surface area contributed by atoms with Gasteiger partial charge in [0.25, 0.3) is 5.91 Å². The van der Waals surface area contributed by atoms with Crippen molar-refractivity contribution in [3.63, 3.8) is 0 Å². The zero-order chi connectivity index (χ0) is 21.1. The molecular weight excluding hydrogens is 380 g/mol. The van der Waals surface area contributed by atoms with Crippen molar-refractivity contribution < 1.29 is 9.59 Å². The van der Waals surface area contributed by atoms with Crippen LogP contribution in [0.4, 0.5) is 0 Å². The normalized spacial score (nSPS) is 15.7. The van der Waals surface area contributed by atoms with E-state index in [0.29, 0.717) is 24.5 Å². The van der Waals surface area contributed by atoms with Crippen LogP contribution in [0.25, 0.3) is 11.4 Å². The third-order valence-electron chi connectivity index (χ3n) is 5.16. The van der Waals surface area contributed by atoms with Gasteiger partial charge in [-0.25, -0.2) is 9.67 Å². The third kappa shape index (κ3) is 3.94. The smallest absolute Gasteiger partial charge is 0.251 e. The fourth-order valence-electron chi connectivity index (χ4n) is 3.72. The molecule has 2 aromatic heterocycles. The SMILES string of the molecule is CC(C)[C@@H]1c2nc(-c3cccnc3)nn2CCN1C(=O)CNC(=O)c1ccccc1. The fourth-order valence-corrected chi connectivity index (χ4v) is 3.72. The molecule has 3 heterocycles. The number of nitrogens with zero attached hydrogens (tertiary/aromatic N) is 5. The summed E-state index contributed by atoms with van der Waals surface area (Å²) in [4.78, 5) is 35.9. The molecule has 0 saturated carbocycles. The number of hydrogen-bond donors (Lipinski definition) is 1. The van der Waals surface area contributed by atoms with Crippen LogP contribution >= 0.6 is 0 Å². The van der Waals surface area contributed by atoms with E-state index < -0.39 is 0 Å². The van der Waals surface area contributed by atoms with E-state index in [4.69, 9.17) is 4.98 Å². The third-order valence-corrected chi connectivity index (χ3v) is 5.16. The van der Waals surface area contributed by atoms with Gasteiger partial charge in [-0.1, -0.05) is 32.0 Å². The van der Waals surface area contributed by atoms with E-state index in [2.05, 4.69) is 29.2 Å². The van der Waals surface area contributed by atoms with Gasteiger partial charge in [-0.2, -0.15) is 5.10 Å². The fraction of sp³-hybridized carbons (Fsp3) is 0.318. The largest absolute Gasteiger partial charge is 0.343 e. The number of carbonyl (C=O) groups is 2. The molecule has 0 unspecified atom stereocenters. The average Bonchev–Trinajstić information content (AvgIpc) is 3.22. The molecule has 8 nitrogen and oxygen atoms in total. The summed E-state index contributed by atoms with van der Waals surface area (Å²) in [5.41, 5.74) is 1.38. The average molecular weight is 404 g/mol. The minimum atomic E-state index is -0.260. The number of rotatable bonds is 5. The lowest BCUT2D eigenvalue weighted by Crippen LogP contribution is -2.48. The van der Waals surface area contributed by atoms with Gasteiger partial charge in [0.1, 0.15) is 0 Å². The first-order chi connectivity index (χ1) is 14.5. The molecule has 0 saturated heterocycles. The molecule has 0 aliphatic carbocycles. The molecule has 8 heteroatoms. The lowest BCUT2D eigenvalue weighted by molar-refractivity contribution is -0.135. The summed E-state index contributed by atoms with van der Waals surface area (Å²) in [6.45, 7) is 5.14. The highest BCUT2D eigenvalue weighted by atomic mass is 16.2. The Balaban J connectivity index is 1.51. The minimum Gasteiger partial charge on any atom is -0.343 e. The molecule has 0 bridgehead atoms. The Bertz CT molecular complexity index is 1030. The molecular formula is C22H24N6O2. The molecule has 2 amide bonds. The molecule has 154 valence electrons. The lowest BCUT2D eigenvalue weighted by atomic mass is 9.99. The predicted octanol–water partition coefficient (Wildman–Crippen LogP) is 2.31. The molecule has 30 heavy (non-hydrogen) atoms. The summed E-state index contributed by atoms with van der Waals surface area (Å²) in [5, 5.41) is 7.35. The monoisotopic (exact) mass is 404 g/mol. The minimum absolute atomic E-state index is 0.0550. The number of hydrogen-bond acceptors (Lipinski definition) is 5. The summed E-state index contributed by atoms with van der Waals surface area (Å²) in [6, 6.07) is 12.4. The van der Waals surface area contributed by atoms with E-state index in [0.717, 1.165) is 11.4 Å². The maximum atomic E-state index is 13.0.